The van der Waals surface area contributed by atoms with E-state index in [1.54, 1.807) is 0 Å². The Balaban J connectivity index is -0.0000000562. The Bertz CT molecular complexity index is 101. The standard InChI is InChI=1S/C12H26.C4H10.4C2H6/c1-5-9-10-11-12(6-2,7-3)8-4;1-3-4-2;4*1-2/h5-11H2,1-4H3;3-4H2,1-2H3;4*1-2H3. The van der Waals surface area contributed by atoms with Crippen LogP contribution in [0, 0.1) is 5.41 Å². The van der Waals surface area contributed by atoms with E-state index in [-0.39, 0.29) is 0 Å². The fraction of sp³-hybridized carbons (Fsp3) is 1.00. The SMILES string of the molecule is CC.CC.CC.CC.CCCC.CCCCCC(CC)(CC)CC. The number of unbranched alkanes of at least 4 members (excludes halogenated alkanes) is 3. The van der Waals surface area contributed by atoms with E-state index < -0.39 is 0 Å². The fourth-order valence-electron chi connectivity index (χ4n) is 2.03. The lowest BCUT2D eigenvalue weighted by atomic mass is 9.76. The molecule has 0 N–H and O–H groups in total. The maximum Gasteiger partial charge on any atom is -0.0305 e. The topological polar surface area (TPSA) is 0 Å². The first kappa shape index (κ1) is 39.2. The smallest absolute Gasteiger partial charge is 0.0305 e. The first-order valence-corrected chi connectivity index (χ1v) is 11.7. The molecule has 0 aromatic heterocycles. The molecule has 0 heteroatoms. The van der Waals surface area contributed by atoms with E-state index in [0.29, 0.717) is 5.41 Å². The average molecular weight is 349 g/mol. The summed E-state index contributed by atoms with van der Waals surface area (Å²) in [6.07, 6.45) is 12.4. The first-order chi connectivity index (χ1) is 11.7. The molecule has 0 saturated carbocycles. The molecular weight excluding hydrogens is 288 g/mol. The van der Waals surface area contributed by atoms with Crippen molar-refractivity contribution in [1.29, 1.82) is 0 Å². The van der Waals surface area contributed by atoms with Crippen LogP contribution in [0.4, 0.5) is 0 Å². The van der Waals surface area contributed by atoms with Crippen LogP contribution in [0.3, 0.4) is 0 Å². The quantitative estimate of drug-likeness (QED) is 0.382. The molecule has 0 aliphatic heterocycles. The molecule has 24 heavy (non-hydrogen) atoms. The summed E-state index contributed by atoms with van der Waals surface area (Å²) < 4.78 is 0. The van der Waals surface area contributed by atoms with E-state index in [9.17, 15) is 0 Å². The minimum absolute atomic E-state index is 0.676. The van der Waals surface area contributed by atoms with Crippen LogP contribution in [0.25, 0.3) is 0 Å². The lowest BCUT2D eigenvalue weighted by molar-refractivity contribution is 0.220. The molecular formula is C24H60. The molecule has 0 aliphatic carbocycles. The second-order valence-electron chi connectivity index (χ2n) is 5.02. The lowest BCUT2D eigenvalue weighted by Crippen LogP contribution is -2.17. The summed E-state index contributed by atoms with van der Waals surface area (Å²) in [6.45, 7) is 29.7. The predicted molar refractivity (Wildman–Crippen MR) is 123 cm³/mol. The van der Waals surface area contributed by atoms with Gasteiger partial charge in [0, 0.05) is 0 Å². The molecule has 156 valence electrons. The van der Waals surface area contributed by atoms with Gasteiger partial charge in [-0.25, -0.2) is 0 Å². The van der Waals surface area contributed by atoms with Crippen molar-refractivity contribution in [3.05, 3.63) is 0 Å². The third-order valence-corrected chi connectivity index (χ3v) is 4.06. The zero-order valence-corrected chi connectivity index (χ0v) is 20.9. The van der Waals surface area contributed by atoms with Gasteiger partial charge in [0.15, 0.2) is 0 Å². The van der Waals surface area contributed by atoms with E-state index in [1.165, 1.54) is 57.8 Å². The van der Waals surface area contributed by atoms with Gasteiger partial charge in [-0.05, 0) is 11.8 Å². The van der Waals surface area contributed by atoms with Gasteiger partial charge < -0.3 is 0 Å². The Morgan fingerprint density at radius 1 is 0.417 bits per heavy atom. The molecule has 0 radical (unpaired) electrons. The molecule has 0 atom stereocenters. The molecule has 0 heterocycles. The van der Waals surface area contributed by atoms with Crippen LogP contribution in [-0.2, 0) is 0 Å². The number of hydrogen-bond acceptors (Lipinski definition) is 0. The molecule has 0 aliphatic rings. The number of hydrogen-bond donors (Lipinski definition) is 0. The Labute approximate surface area is 160 Å². The van der Waals surface area contributed by atoms with Crippen LogP contribution in [0.15, 0.2) is 0 Å². The largest absolute Gasteiger partial charge is 0.0683 e. The third kappa shape index (κ3) is 37.9. The van der Waals surface area contributed by atoms with Gasteiger partial charge in [-0.3, -0.25) is 0 Å². The van der Waals surface area contributed by atoms with Crippen molar-refractivity contribution in [1.82, 2.24) is 0 Å². The van der Waals surface area contributed by atoms with E-state index in [1.807, 2.05) is 55.4 Å². The van der Waals surface area contributed by atoms with Gasteiger partial charge in [0.1, 0.15) is 0 Å². The Kier molecular flexibility index (Phi) is 80.8. The minimum atomic E-state index is 0.676. The van der Waals surface area contributed by atoms with Crippen LogP contribution in [-0.4, -0.2) is 0 Å². The molecule has 0 fully saturated rings. The monoisotopic (exact) mass is 348 g/mol. The van der Waals surface area contributed by atoms with Crippen molar-refractivity contribution in [3.8, 4) is 0 Å². The van der Waals surface area contributed by atoms with E-state index in [2.05, 4.69) is 41.5 Å². The van der Waals surface area contributed by atoms with Crippen LogP contribution < -0.4 is 0 Å². The summed E-state index contributed by atoms with van der Waals surface area (Å²) in [5.74, 6) is 0. The summed E-state index contributed by atoms with van der Waals surface area (Å²) in [7, 11) is 0. The summed E-state index contributed by atoms with van der Waals surface area (Å²) in [6, 6.07) is 0. The predicted octanol–water partition coefficient (Wildman–Crippen LogP) is 10.7. The van der Waals surface area contributed by atoms with Crippen molar-refractivity contribution < 1.29 is 0 Å². The van der Waals surface area contributed by atoms with E-state index in [4.69, 9.17) is 0 Å². The van der Waals surface area contributed by atoms with Crippen LogP contribution in [0.1, 0.15) is 155 Å². The molecule has 0 aromatic carbocycles. The molecule has 0 aromatic rings. The zero-order chi connectivity index (χ0) is 20.9. The average Bonchev–Trinajstić information content (AvgIpc) is 2.72. The van der Waals surface area contributed by atoms with Gasteiger partial charge in [0.25, 0.3) is 0 Å². The Morgan fingerprint density at radius 2 is 0.708 bits per heavy atom. The van der Waals surface area contributed by atoms with Crippen molar-refractivity contribution >= 4 is 0 Å². The van der Waals surface area contributed by atoms with Crippen molar-refractivity contribution in [2.45, 2.75) is 155 Å². The summed E-state index contributed by atoms with van der Waals surface area (Å²) >= 11 is 0. The van der Waals surface area contributed by atoms with Crippen molar-refractivity contribution in [2.75, 3.05) is 0 Å². The fourth-order valence-corrected chi connectivity index (χ4v) is 2.03. The molecule has 0 rings (SSSR count). The number of rotatable bonds is 8. The van der Waals surface area contributed by atoms with Gasteiger partial charge in [0.05, 0.1) is 0 Å². The highest BCUT2D eigenvalue weighted by Gasteiger charge is 2.22. The molecule has 0 nitrogen and oxygen atoms in total. The summed E-state index contributed by atoms with van der Waals surface area (Å²) in [5.41, 5.74) is 0.676. The molecule has 0 bridgehead atoms. The molecule has 0 saturated heterocycles. The molecule has 0 unspecified atom stereocenters. The van der Waals surface area contributed by atoms with Crippen LogP contribution in [0.2, 0.25) is 0 Å². The van der Waals surface area contributed by atoms with Crippen molar-refractivity contribution in [2.24, 2.45) is 5.41 Å². The van der Waals surface area contributed by atoms with Gasteiger partial charge >= 0.3 is 0 Å². The Hall–Kier alpha value is 0. The summed E-state index contributed by atoms with van der Waals surface area (Å²) in [4.78, 5) is 0. The third-order valence-electron chi connectivity index (χ3n) is 4.06. The maximum atomic E-state index is 2.35. The highest BCUT2D eigenvalue weighted by molar-refractivity contribution is 4.74. The van der Waals surface area contributed by atoms with Crippen LogP contribution in [0.5, 0.6) is 0 Å². The van der Waals surface area contributed by atoms with Crippen LogP contribution >= 0.6 is 0 Å². The van der Waals surface area contributed by atoms with Gasteiger partial charge in [-0.1, -0.05) is 148 Å². The Morgan fingerprint density at radius 3 is 0.875 bits per heavy atom. The molecule has 0 amide bonds. The van der Waals surface area contributed by atoms with Gasteiger partial charge in [-0.15, -0.1) is 0 Å². The maximum absolute atomic E-state index is 2.35. The molecule has 0 spiro atoms. The zero-order valence-electron chi connectivity index (χ0n) is 20.9. The second kappa shape index (κ2) is 49.5. The van der Waals surface area contributed by atoms with Crippen molar-refractivity contribution in [3.63, 3.8) is 0 Å². The van der Waals surface area contributed by atoms with E-state index >= 15 is 0 Å². The first-order valence-electron chi connectivity index (χ1n) is 11.7. The van der Waals surface area contributed by atoms with E-state index in [0.717, 1.165) is 0 Å². The minimum Gasteiger partial charge on any atom is -0.0683 e. The highest BCUT2D eigenvalue weighted by Crippen LogP contribution is 2.35. The van der Waals surface area contributed by atoms with Gasteiger partial charge in [-0.2, -0.15) is 0 Å². The second-order valence-corrected chi connectivity index (χ2v) is 5.02. The normalized spacial score (nSPS) is 8.25. The summed E-state index contributed by atoms with van der Waals surface area (Å²) in [5, 5.41) is 0. The highest BCUT2D eigenvalue weighted by atomic mass is 14.3. The lowest BCUT2D eigenvalue weighted by Gasteiger charge is -2.30. The van der Waals surface area contributed by atoms with Gasteiger partial charge in [0.2, 0.25) is 0 Å².